The van der Waals surface area contributed by atoms with E-state index < -0.39 is 54.0 Å². The van der Waals surface area contributed by atoms with Crippen LogP contribution in [0.4, 0.5) is 0 Å². The molecule has 0 aliphatic carbocycles. The summed E-state index contributed by atoms with van der Waals surface area (Å²) < 4.78 is 0. The molecule has 1 aliphatic rings. The number of aliphatic hydroxyl groups excluding tert-OH is 1. The Bertz CT molecular complexity index is 865. The minimum atomic E-state index is -1.51. The fourth-order valence-corrected chi connectivity index (χ4v) is 3.83. The van der Waals surface area contributed by atoms with Gasteiger partial charge in [0.15, 0.2) is 6.04 Å². The van der Waals surface area contributed by atoms with Crippen molar-refractivity contribution >= 4 is 36.3 Å². The van der Waals surface area contributed by atoms with Gasteiger partial charge in [-0.1, -0.05) is 12.1 Å². The van der Waals surface area contributed by atoms with Crippen LogP contribution in [0.25, 0.3) is 0 Å². The van der Waals surface area contributed by atoms with Gasteiger partial charge in [0.1, 0.15) is 17.8 Å². The monoisotopic (exact) mass is 482 g/mol. The molecule has 7 N–H and O–H groups in total. The van der Waals surface area contributed by atoms with Gasteiger partial charge in [-0.2, -0.15) is 12.6 Å². The minimum Gasteiger partial charge on any atom is -0.508 e. The van der Waals surface area contributed by atoms with Crippen LogP contribution in [0.2, 0.25) is 0 Å². The summed E-state index contributed by atoms with van der Waals surface area (Å²) >= 11 is 4.15. The lowest BCUT2D eigenvalue weighted by Crippen LogP contribution is -2.58. The molecule has 0 aromatic heterocycles. The highest BCUT2D eigenvalue weighted by molar-refractivity contribution is 7.80. The Hall–Kier alpha value is -2.83. The molecule has 1 aromatic rings. The van der Waals surface area contributed by atoms with Crippen molar-refractivity contribution in [3.63, 3.8) is 0 Å². The lowest BCUT2D eigenvalue weighted by Gasteiger charge is -2.29. The van der Waals surface area contributed by atoms with E-state index in [1.807, 2.05) is 0 Å². The van der Waals surface area contributed by atoms with Crippen molar-refractivity contribution in [1.82, 2.24) is 15.5 Å². The Morgan fingerprint density at radius 1 is 1.21 bits per heavy atom. The molecule has 1 fully saturated rings. The predicted octanol–water partition coefficient (Wildman–Crippen LogP) is -1.38. The zero-order valence-electron chi connectivity index (χ0n) is 18.2. The van der Waals surface area contributed by atoms with Gasteiger partial charge in [0.25, 0.3) is 0 Å². The maximum Gasteiger partial charge on any atom is 0.328 e. The van der Waals surface area contributed by atoms with Crippen molar-refractivity contribution in [2.45, 2.75) is 56.5 Å². The molecule has 5 atom stereocenters. The molecule has 0 spiro atoms. The first-order valence-corrected chi connectivity index (χ1v) is 11.1. The van der Waals surface area contributed by atoms with Crippen LogP contribution < -0.4 is 16.4 Å². The molecule has 182 valence electrons. The zero-order chi connectivity index (χ0) is 24.7. The third-order valence-electron chi connectivity index (χ3n) is 5.41. The Kier molecular flexibility index (Phi) is 9.50. The van der Waals surface area contributed by atoms with Gasteiger partial charge in [-0.3, -0.25) is 14.4 Å². The lowest BCUT2D eigenvalue weighted by atomic mass is 10.1. The average Bonchev–Trinajstić information content (AvgIpc) is 3.26. The first-order valence-electron chi connectivity index (χ1n) is 10.5. The van der Waals surface area contributed by atoms with Gasteiger partial charge >= 0.3 is 5.97 Å². The summed E-state index contributed by atoms with van der Waals surface area (Å²) in [6, 6.07) is 1.80. The average molecular weight is 483 g/mol. The summed E-state index contributed by atoms with van der Waals surface area (Å²) in [5, 5.41) is 32.9. The molecule has 1 heterocycles. The summed E-state index contributed by atoms with van der Waals surface area (Å²) in [6.45, 7) is 1.49. The number of rotatable bonds is 10. The number of carboxylic acids is 1. The number of aromatic hydroxyl groups is 1. The number of carbonyl (C=O) groups excluding carboxylic acids is 3. The van der Waals surface area contributed by atoms with Crippen LogP contribution in [0.1, 0.15) is 25.3 Å². The SMILES string of the molecule is CC(O)C(NC(=O)C1CCCN1C(=O)C(CS)NC(=O)C(N)Cc1ccc(O)cc1)C(=O)O. The number of phenols is 1. The van der Waals surface area contributed by atoms with Crippen LogP contribution in [-0.4, -0.2) is 86.5 Å². The Labute approximate surface area is 196 Å². The summed E-state index contributed by atoms with van der Waals surface area (Å²) in [5.74, 6) is -3.13. The second-order valence-electron chi connectivity index (χ2n) is 7.98. The fraction of sp³-hybridized carbons (Fsp3) is 0.524. The number of thiol groups is 1. The predicted molar refractivity (Wildman–Crippen MR) is 122 cm³/mol. The molecule has 0 saturated carbocycles. The van der Waals surface area contributed by atoms with Crippen molar-refractivity contribution in [1.29, 1.82) is 0 Å². The van der Waals surface area contributed by atoms with Gasteiger partial charge in [0.05, 0.1) is 12.1 Å². The van der Waals surface area contributed by atoms with E-state index in [-0.39, 0.29) is 24.5 Å². The van der Waals surface area contributed by atoms with E-state index in [0.717, 1.165) is 5.56 Å². The molecule has 1 saturated heterocycles. The number of nitrogens with two attached hydrogens (primary N) is 1. The molecule has 12 heteroatoms. The molecule has 0 radical (unpaired) electrons. The summed E-state index contributed by atoms with van der Waals surface area (Å²) in [6.07, 6.45) is -0.303. The zero-order valence-corrected chi connectivity index (χ0v) is 19.1. The van der Waals surface area contributed by atoms with Crippen molar-refractivity contribution in [2.75, 3.05) is 12.3 Å². The largest absolute Gasteiger partial charge is 0.508 e. The Balaban J connectivity index is 2.02. The fourth-order valence-electron chi connectivity index (χ4n) is 3.58. The molecule has 1 aliphatic heterocycles. The number of carbonyl (C=O) groups is 4. The van der Waals surface area contributed by atoms with E-state index in [1.165, 1.54) is 24.0 Å². The molecule has 2 rings (SSSR count). The Morgan fingerprint density at radius 3 is 2.39 bits per heavy atom. The van der Waals surface area contributed by atoms with Crippen molar-refractivity contribution < 1.29 is 34.5 Å². The normalized spacial score (nSPS) is 19.3. The van der Waals surface area contributed by atoms with Gasteiger partial charge in [-0.05, 0) is 43.9 Å². The number of hydrogen-bond donors (Lipinski definition) is 7. The highest BCUT2D eigenvalue weighted by Gasteiger charge is 2.39. The number of likely N-dealkylation sites (tertiary alicyclic amines) is 1. The first-order chi connectivity index (χ1) is 15.5. The second kappa shape index (κ2) is 11.9. The number of carboxylic acid groups (broad SMARTS) is 1. The number of nitrogens with zero attached hydrogens (tertiary/aromatic N) is 1. The van der Waals surface area contributed by atoms with Crippen LogP contribution in [0.3, 0.4) is 0 Å². The van der Waals surface area contributed by atoms with E-state index in [2.05, 4.69) is 23.3 Å². The third kappa shape index (κ3) is 7.07. The molecule has 1 aromatic carbocycles. The van der Waals surface area contributed by atoms with Crippen LogP contribution >= 0.6 is 12.6 Å². The van der Waals surface area contributed by atoms with Crippen LogP contribution in [-0.2, 0) is 25.6 Å². The number of aliphatic carboxylic acids is 1. The highest BCUT2D eigenvalue weighted by atomic mass is 32.1. The van der Waals surface area contributed by atoms with Crippen LogP contribution in [0, 0.1) is 0 Å². The van der Waals surface area contributed by atoms with Gasteiger partial charge in [-0.25, -0.2) is 4.79 Å². The number of benzene rings is 1. The number of aliphatic hydroxyl groups is 1. The van der Waals surface area contributed by atoms with Crippen LogP contribution in [0.5, 0.6) is 5.75 Å². The van der Waals surface area contributed by atoms with Gasteiger partial charge in [0.2, 0.25) is 17.7 Å². The van der Waals surface area contributed by atoms with E-state index in [0.29, 0.717) is 12.8 Å². The van der Waals surface area contributed by atoms with Gasteiger partial charge < -0.3 is 36.6 Å². The molecule has 0 bridgehead atoms. The molecule has 33 heavy (non-hydrogen) atoms. The quantitative estimate of drug-likeness (QED) is 0.199. The summed E-state index contributed by atoms with van der Waals surface area (Å²) in [7, 11) is 0. The lowest BCUT2D eigenvalue weighted by molar-refractivity contribution is -0.147. The smallest absolute Gasteiger partial charge is 0.328 e. The highest BCUT2D eigenvalue weighted by Crippen LogP contribution is 2.19. The van der Waals surface area contributed by atoms with Crippen molar-refractivity contribution in [3.05, 3.63) is 29.8 Å². The summed E-state index contributed by atoms with van der Waals surface area (Å²) in [5.41, 5.74) is 6.69. The number of amides is 3. The summed E-state index contributed by atoms with van der Waals surface area (Å²) in [4.78, 5) is 50.8. The molecular weight excluding hydrogens is 452 g/mol. The first kappa shape index (κ1) is 26.4. The van der Waals surface area contributed by atoms with Gasteiger partial charge in [0, 0.05) is 12.3 Å². The van der Waals surface area contributed by atoms with Crippen LogP contribution in [0.15, 0.2) is 24.3 Å². The number of nitrogens with one attached hydrogen (secondary N) is 2. The second-order valence-corrected chi connectivity index (χ2v) is 8.34. The maximum absolute atomic E-state index is 13.0. The van der Waals surface area contributed by atoms with E-state index in [1.54, 1.807) is 12.1 Å². The molecule has 5 unspecified atom stereocenters. The molecule has 11 nitrogen and oxygen atoms in total. The van der Waals surface area contributed by atoms with Crippen molar-refractivity contribution in [2.24, 2.45) is 5.73 Å². The van der Waals surface area contributed by atoms with E-state index >= 15 is 0 Å². The standard InChI is InChI=1S/C21H30N4O7S/c1-11(26)17(21(31)32)24-19(29)16-3-2-8-25(16)20(30)15(10-33)23-18(28)14(22)9-12-4-6-13(27)7-5-12/h4-7,11,14-17,26-27,33H,2-3,8-10,22H2,1H3,(H,23,28)(H,24,29)(H,31,32). The van der Waals surface area contributed by atoms with Crippen molar-refractivity contribution in [3.8, 4) is 5.75 Å². The van der Waals surface area contributed by atoms with E-state index in [9.17, 15) is 34.5 Å². The maximum atomic E-state index is 13.0. The number of phenolic OH excluding ortho intramolecular Hbond substituents is 1. The topological polar surface area (TPSA) is 182 Å². The minimum absolute atomic E-state index is 0.0350. The van der Waals surface area contributed by atoms with Gasteiger partial charge in [-0.15, -0.1) is 0 Å². The Morgan fingerprint density at radius 2 is 1.85 bits per heavy atom. The third-order valence-corrected chi connectivity index (χ3v) is 5.78. The number of hydrogen-bond acceptors (Lipinski definition) is 8. The van der Waals surface area contributed by atoms with E-state index in [4.69, 9.17) is 5.73 Å². The molecular formula is C21H30N4O7S. The molecule has 3 amide bonds.